The highest BCUT2D eigenvalue weighted by Crippen LogP contribution is 2.19. The minimum atomic E-state index is -0.879. The van der Waals surface area contributed by atoms with E-state index >= 15 is 0 Å². The van der Waals surface area contributed by atoms with E-state index in [4.69, 9.17) is 10.5 Å². The Kier molecular flexibility index (Phi) is 4.01. The van der Waals surface area contributed by atoms with Crippen LogP contribution in [0.2, 0.25) is 0 Å². The van der Waals surface area contributed by atoms with Gasteiger partial charge in [0.15, 0.2) is 0 Å². The highest BCUT2D eigenvalue weighted by Gasteiger charge is 2.30. The first kappa shape index (κ1) is 13.8. The lowest BCUT2D eigenvalue weighted by Gasteiger charge is -2.32. The summed E-state index contributed by atoms with van der Waals surface area (Å²) in [5, 5.41) is 13.0. The van der Waals surface area contributed by atoms with Crippen molar-refractivity contribution in [2.45, 2.75) is 25.4 Å². The molecule has 2 heterocycles. The van der Waals surface area contributed by atoms with Crippen LogP contribution in [0.5, 0.6) is 0 Å². The van der Waals surface area contributed by atoms with Gasteiger partial charge < -0.3 is 20.9 Å². The number of nitrogen functional groups attached to an aromatic ring is 1. The highest BCUT2D eigenvalue weighted by atomic mass is 16.5. The molecule has 1 saturated heterocycles. The first-order valence-corrected chi connectivity index (χ1v) is 6.31. The van der Waals surface area contributed by atoms with Gasteiger partial charge in [-0.2, -0.15) is 0 Å². The Hall–Kier alpha value is -1.66. The Balaban J connectivity index is 1.99. The highest BCUT2D eigenvalue weighted by molar-refractivity contribution is 5.95. The Morgan fingerprint density at radius 2 is 2.26 bits per heavy atom. The van der Waals surface area contributed by atoms with Gasteiger partial charge in [0.25, 0.3) is 5.91 Å². The summed E-state index contributed by atoms with van der Waals surface area (Å²) in [5.74, 6) is -0.266. The second kappa shape index (κ2) is 5.54. The molecule has 19 heavy (non-hydrogen) atoms. The smallest absolute Gasteiger partial charge is 0.253 e. The second-order valence-corrected chi connectivity index (χ2v) is 4.92. The third-order valence-corrected chi connectivity index (χ3v) is 3.35. The lowest BCUT2D eigenvalue weighted by Crippen LogP contribution is -2.46. The van der Waals surface area contributed by atoms with E-state index in [9.17, 15) is 9.90 Å². The second-order valence-electron chi connectivity index (χ2n) is 4.92. The number of pyridine rings is 1. The molecule has 0 atom stereocenters. The van der Waals surface area contributed by atoms with Crippen molar-refractivity contribution < 1.29 is 14.6 Å². The molecule has 0 bridgehead atoms. The van der Waals surface area contributed by atoms with Crippen molar-refractivity contribution >= 4 is 11.6 Å². The van der Waals surface area contributed by atoms with E-state index in [1.54, 1.807) is 13.0 Å². The average molecular weight is 265 g/mol. The first-order chi connectivity index (χ1) is 9.00. The van der Waals surface area contributed by atoms with Gasteiger partial charge in [0, 0.05) is 32.6 Å². The van der Waals surface area contributed by atoms with E-state index < -0.39 is 5.60 Å². The van der Waals surface area contributed by atoms with E-state index in [0.717, 1.165) is 0 Å². The van der Waals surface area contributed by atoms with Gasteiger partial charge in [-0.3, -0.25) is 9.78 Å². The molecule has 0 aliphatic carbocycles. The molecule has 0 spiro atoms. The van der Waals surface area contributed by atoms with E-state index in [1.807, 2.05) is 0 Å². The molecular weight excluding hydrogens is 246 g/mol. The summed E-state index contributed by atoms with van der Waals surface area (Å²) in [6, 6.07) is 1.59. The molecule has 1 amide bonds. The Morgan fingerprint density at radius 3 is 2.95 bits per heavy atom. The van der Waals surface area contributed by atoms with Gasteiger partial charge in [-0.05, 0) is 13.0 Å². The Labute approximate surface area is 112 Å². The lowest BCUT2D eigenvalue weighted by molar-refractivity contribution is -0.0605. The van der Waals surface area contributed by atoms with Crippen LogP contribution in [0.4, 0.5) is 5.69 Å². The van der Waals surface area contributed by atoms with Crippen LogP contribution < -0.4 is 11.1 Å². The fourth-order valence-electron chi connectivity index (χ4n) is 2.05. The Morgan fingerprint density at radius 1 is 1.58 bits per heavy atom. The number of carbonyl (C=O) groups is 1. The molecule has 1 aromatic rings. The summed E-state index contributed by atoms with van der Waals surface area (Å²) in [4.78, 5) is 16.1. The molecule has 0 radical (unpaired) electrons. The standard InChI is InChI=1S/C13H19N3O3/c1-9-11(6-10(14)7-15-9)12(17)16-8-13(18)2-4-19-5-3-13/h6-7,18H,2-5,8,14H2,1H3,(H,16,17). The molecule has 6 nitrogen and oxygen atoms in total. The molecule has 1 aromatic heterocycles. The van der Waals surface area contributed by atoms with Gasteiger partial charge in [0.05, 0.1) is 28.7 Å². The van der Waals surface area contributed by atoms with Gasteiger partial charge in [-0.1, -0.05) is 0 Å². The number of rotatable bonds is 3. The third-order valence-electron chi connectivity index (χ3n) is 3.35. The molecule has 2 rings (SSSR count). The molecule has 0 saturated carbocycles. The monoisotopic (exact) mass is 265 g/mol. The number of nitrogens with zero attached hydrogens (tertiary/aromatic N) is 1. The number of aromatic nitrogens is 1. The molecule has 6 heteroatoms. The van der Waals surface area contributed by atoms with Crippen molar-refractivity contribution in [3.63, 3.8) is 0 Å². The number of ether oxygens (including phenoxy) is 1. The first-order valence-electron chi connectivity index (χ1n) is 6.31. The van der Waals surface area contributed by atoms with Crippen LogP contribution in [0.25, 0.3) is 0 Å². The van der Waals surface area contributed by atoms with Crippen LogP contribution >= 0.6 is 0 Å². The van der Waals surface area contributed by atoms with Gasteiger partial charge in [-0.15, -0.1) is 0 Å². The van der Waals surface area contributed by atoms with Crippen molar-refractivity contribution in [2.75, 3.05) is 25.5 Å². The van der Waals surface area contributed by atoms with Gasteiger partial charge in [0.1, 0.15) is 0 Å². The van der Waals surface area contributed by atoms with Crippen LogP contribution in [0.15, 0.2) is 12.3 Å². The van der Waals surface area contributed by atoms with Crippen molar-refractivity contribution in [1.82, 2.24) is 10.3 Å². The minimum absolute atomic E-state index is 0.212. The van der Waals surface area contributed by atoms with Crippen molar-refractivity contribution in [2.24, 2.45) is 0 Å². The zero-order chi connectivity index (χ0) is 13.9. The van der Waals surface area contributed by atoms with Crippen LogP contribution in [0, 0.1) is 6.92 Å². The number of anilines is 1. The van der Waals surface area contributed by atoms with Crippen LogP contribution in [0.3, 0.4) is 0 Å². The summed E-state index contributed by atoms with van der Waals surface area (Å²) in [6.45, 7) is 3.00. The van der Waals surface area contributed by atoms with Crippen molar-refractivity contribution in [3.05, 3.63) is 23.5 Å². The van der Waals surface area contributed by atoms with Gasteiger partial charge in [0.2, 0.25) is 0 Å². The van der Waals surface area contributed by atoms with Crippen LogP contribution in [-0.4, -0.2) is 41.4 Å². The SMILES string of the molecule is Cc1ncc(N)cc1C(=O)NCC1(O)CCOCC1. The summed E-state index contributed by atoms with van der Waals surface area (Å²) in [6.07, 6.45) is 2.57. The lowest BCUT2D eigenvalue weighted by atomic mass is 9.94. The predicted octanol–water partition coefficient (Wildman–Crippen LogP) is 0.244. The maximum Gasteiger partial charge on any atom is 0.253 e. The normalized spacial score (nSPS) is 18.0. The molecule has 1 aliphatic heterocycles. The molecule has 1 aliphatic rings. The largest absolute Gasteiger partial charge is 0.397 e. The van der Waals surface area contributed by atoms with Crippen LogP contribution in [-0.2, 0) is 4.74 Å². The summed E-state index contributed by atoms with van der Waals surface area (Å²) in [5.41, 5.74) is 6.24. The van der Waals surface area contributed by atoms with Crippen molar-refractivity contribution in [1.29, 1.82) is 0 Å². The number of hydrogen-bond acceptors (Lipinski definition) is 5. The fraction of sp³-hybridized carbons (Fsp3) is 0.538. The summed E-state index contributed by atoms with van der Waals surface area (Å²) in [7, 11) is 0. The molecule has 104 valence electrons. The number of aliphatic hydroxyl groups is 1. The average Bonchev–Trinajstić information content (AvgIpc) is 2.40. The molecular formula is C13H19N3O3. The topological polar surface area (TPSA) is 97.5 Å². The number of hydrogen-bond donors (Lipinski definition) is 3. The van der Waals surface area contributed by atoms with E-state index in [-0.39, 0.29) is 12.5 Å². The quantitative estimate of drug-likeness (QED) is 0.727. The zero-order valence-electron chi connectivity index (χ0n) is 11.0. The number of carbonyl (C=O) groups excluding carboxylic acids is 1. The number of amides is 1. The van der Waals surface area contributed by atoms with Crippen LogP contribution in [0.1, 0.15) is 28.9 Å². The van der Waals surface area contributed by atoms with E-state index in [2.05, 4.69) is 10.3 Å². The number of nitrogens with one attached hydrogen (secondary N) is 1. The summed E-state index contributed by atoms with van der Waals surface area (Å²) >= 11 is 0. The van der Waals surface area contributed by atoms with E-state index in [0.29, 0.717) is 43.0 Å². The molecule has 1 fully saturated rings. The number of aryl methyl sites for hydroxylation is 1. The predicted molar refractivity (Wildman–Crippen MR) is 70.7 cm³/mol. The maximum atomic E-state index is 12.1. The summed E-state index contributed by atoms with van der Waals surface area (Å²) < 4.78 is 5.19. The third kappa shape index (κ3) is 3.42. The fourth-order valence-corrected chi connectivity index (χ4v) is 2.05. The molecule has 4 N–H and O–H groups in total. The molecule has 0 unspecified atom stereocenters. The maximum absolute atomic E-state index is 12.1. The molecule has 0 aromatic carbocycles. The van der Waals surface area contributed by atoms with Gasteiger partial charge >= 0.3 is 0 Å². The van der Waals surface area contributed by atoms with E-state index in [1.165, 1.54) is 6.20 Å². The zero-order valence-corrected chi connectivity index (χ0v) is 11.0. The van der Waals surface area contributed by atoms with Crippen molar-refractivity contribution in [3.8, 4) is 0 Å². The Bertz CT molecular complexity index is 470. The van der Waals surface area contributed by atoms with Gasteiger partial charge in [-0.25, -0.2) is 0 Å². The number of nitrogens with two attached hydrogens (primary N) is 1. The minimum Gasteiger partial charge on any atom is -0.397 e.